The molecule has 210 valence electrons. The Morgan fingerprint density at radius 3 is 2.62 bits per heavy atom. The zero-order valence-electron chi connectivity index (χ0n) is 23.3. The Labute approximate surface area is 242 Å². The summed E-state index contributed by atoms with van der Waals surface area (Å²) < 4.78 is 6.36. The Balaban J connectivity index is 1.38. The van der Waals surface area contributed by atoms with Crippen LogP contribution in [0.4, 0.5) is 22.1 Å². The highest BCUT2D eigenvalue weighted by molar-refractivity contribution is 6.01. The number of carbonyl (C=O) groups is 2. The normalized spacial score (nSPS) is 10.7. The standard InChI is InChI=1S/C33H29N5O4/c1-4-29(39)37(5-2)27-13-9-12-26(19-27)35-32-34-20-25-18-24(14-15-28(25)36-32)30-22(3)16-17-38(31(30)40)33(41)42-21-23-10-7-6-8-11-23/h4,6-20H,1,5,21H2,2-3H3,(H,34,35,36). The monoisotopic (exact) mass is 559 g/mol. The second-order valence-corrected chi connectivity index (χ2v) is 9.52. The maximum Gasteiger partial charge on any atom is 0.421 e. The van der Waals surface area contributed by atoms with Crippen molar-refractivity contribution >= 4 is 40.2 Å². The molecule has 0 fully saturated rings. The lowest BCUT2D eigenvalue weighted by atomic mass is 10.0. The topological polar surface area (TPSA) is 106 Å². The zero-order chi connectivity index (χ0) is 29.6. The number of amides is 1. The minimum absolute atomic E-state index is 0.0626. The summed E-state index contributed by atoms with van der Waals surface area (Å²) in [6, 6.07) is 23.8. The van der Waals surface area contributed by atoms with Crippen LogP contribution in [0.2, 0.25) is 0 Å². The van der Waals surface area contributed by atoms with Gasteiger partial charge < -0.3 is 15.0 Å². The van der Waals surface area contributed by atoms with Gasteiger partial charge >= 0.3 is 6.09 Å². The first-order valence-corrected chi connectivity index (χ1v) is 13.4. The quantitative estimate of drug-likeness (QED) is 0.225. The lowest BCUT2D eigenvalue weighted by Crippen LogP contribution is -2.29. The van der Waals surface area contributed by atoms with E-state index in [1.54, 1.807) is 29.3 Å². The third kappa shape index (κ3) is 5.95. The van der Waals surface area contributed by atoms with Crippen LogP contribution in [0.15, 0.2) is 109 Å². The van der Waals surface area contributed by atoms with Crippen molar-refractivity contribution in [2.75, 3.05) is 16.8 Å². The first-order valence-electron chi connectivity index (χ1n) is 13.4. The summed E-state index contributed by atoms with van der Waals surface area (Å²) in [6.45, 7) is 7.85. The van der Waals surface area contributed by atoms with Crippen LogP contribution < -0.4 is 15.8 Å². The van der Waals surface area contributed by atoms with E-state index in [4.69, 9.17) is 4.74 Å². The van der Waals surface area contributed by atoms with Crippen molar-refractivity contribution in [1.82, 2.24) is 14.5 Å². The molecule has 42 heavy (non-hydrogen) atoms. The molecular weight excluding hydrogens is 530 g/mol. The fourth-order valence-electron chi connectivity index (χ4n) is 4.62. The van der Waals surface area contributed by atoms with Crippen LogP contribution in [0.1, 0.15) is 18.1 Å². The summed E-state index contributed by atoms with van der Waals surface area (Å²) >= 11 is 0. The predicted molar refractivity (Wildman–Crippen MR) is 164 cm³/mol. The van der Waals surface area contributed by atoms with E-state index in [1.165, 1.54) is 12.3 Å². The number of pyridine rings is 1. The van der Waals surface area contributed by atoms with Crippen molar-refractivity contribution in [3.8, 4) is 11.1 Å². The fraction of sp³-hybridized carbons (Fsp3) is 0.121. The second-order valence-electron chi connectivity index (χ2n) is 9.52. The van der Waals surface area contributed by atoms with Crippen LogP contribution in [0.5, 0.6) is 0 Å². The third-order valence-electron chi connectivity index (χ3n) is 6.74. The molecule has 5 rings (SSSR count). The van der Waals surface area contributed by atoms with E-state index in [1.807, 2.05) is 74.5 Å². The number of nitrogens with zero attached hydrogens (tertiary/aromatic N) is 4. The summed E-state index contributed by atoms with van der Waals surface area (Å²) in [7, 11) is 0. The molecule has 9 heteroatoms. The number of aryl methyl sites for hydroxylation is 1. The first kappa shape index (κ1) is 28.0. The van der Waals surface area contributed by atoms with Gasteiger partial charge in [0.25, 0.3) is 5.56 Å². The number of carbonyl (C=O) groups excluding carboxylic acids is 2. The molecular formula is C33H29N5O4. The van der Waals surface area contributed by atoms with Crippen LogP contribution in [0.3, 0.4) is 0 Å². The van der Waals surface area contributed by atoms with Gasteiger partial charge in [0.15, 0.2) is 0 Å². The molecule has 5 aromatic rings. The summed E-state index contributed by atoms with van der Waals surface area (Å²) in [5.41, 5.74) is 4.23. The SMILES string of the molecule is C=CC(=O)N(CC)c1cccc(Nc2ncc3cc(-c4c(C)ccn(C(=O)OCc5ccccc5)c4=O)ccc3n2)c1. The van der Waals surface area contributed by atoms with E-state index in [9.17, 15) is 14.4 Å². The molecule has 0 aliphatic carbocycles. The smallest absolute Gasteiger partial charge is 0.421 e. The molecule has 2 aromatic heterocycles. The van der Waals surface area contributed by atoms with Crippen LogP contribution in [0, 0.1) is 6.92 Å². The number of benzene rings is 3. The van der Waals surface area contributed by atoms with Crippen molar-refractivity contribution in [3.63, 3.8) is 0 Å². The van der Waals surface area contributed by atoms with E-state index < -0.39 is 11.7 Å². The average Bonchev–Trinajstić information content (AvgIpc) is 3.01. The Morgan fingerprint density at radius 2 is 1.86 bits per heavy atom. The molecule has 9 nitrogen and oxygen atoms in total. The molecule has 3 aromatic carbocycles. The molecule has 0 saturated heterocycles. The Kier molecular flexibility index (Phi) is 8.19. The number of hydrogen-bond acceptors (Lipinski definition) is 7. The molecule has 0 atom stereocenters. The average molecular weight is 560 g/mol. The lowest BCUT2D eigenvalue weighted by Gasteiger charge is -2.20. The Hall–Kier alpha value is -5.57. The number of nitrogens with one attached hydrogen (secondary N) is 1. The van der Waals surface area contributed by atoms with E-state index in [2.05, 4.69) is 21.9 Å². The van der Waals surface area contributed by atoms with Gasteiger partial charge in [0.05, 0.1) is 11.1 Å². The van der Waals surface area contributed by atoms with E-state index in [0.717, 1.165) is 32.5 Å². The minimum atomic E-state index is -0.745. The van der Waals surface area contributed by atoms with Crippen molar-refractivity contribution in [1.29, 1.82) is 0 Å². The van der Waals surface area contributed by atoms with Crippen LogP contribution in [-0.4, -0.2) is 33.1 Å². The molecule has 0 aliphatic rings. The molecule has 2 heterocycles. The molecule has 1 N–H and O–H groups in total. The number of anilines is 3. The van der Waals surface area contributed by atoms with Gasteiger partial charge in [-0.25, -0.2) is 19.3 Å². The van der Waals surface area contributed by atoms with Crippen molar-refractivity contribution in [2.45, 2.75) is 20.5 Å². The van der Waals surface area contributed by atoms with Gasteiger partial charge in [-0.05, 0) is 73.0 Å². The predicted octanol–water partition coefficient (Wildman–Crippen LogP) is 6.23. The first-order chi connectivity index (χ1) is 20.4. The van der Waals surface area contributed by atoms with E-state index in [0.29, 0.717) is 29.1 Å². The van der Waals surface area contributed by atoms with Gasteiger partial charge in [-0.2, -0.15) is 0 Å². The Bertz CT molecular complexity index is 1850. The highest BCUT2D eigenvalue weighted by atomic mass is 16.5. The van der Waals surface area contributed by atoms with Gasteiger partial charge in [0, 0.05) is 35.7 Å². The van der Waals surface area contributed by atoms with Crippen LogP contribution >= 0.6 is 0 Å². The summed E-state index contributed by atoms with van der Waals surface area (Å²) in [5.74, 6) is 0.196. The highest BCUT2D eigenvalue weighted by Crippen LogP contribution is 2.26. The molecule has 0 radical (unpaired) electrons. The number of likely N-dealkylation sites (N-methyl/N-ethyl adjacent to an activating group) is 1. The summed E-state index contributed by atoms with van der Waals surface area (Å²) in [4.78, 5) is 49.0. The minimum Gasteiger partial charge on any atom is -0.444 e. The molecule has 1 amide bonds. The maximum atomic E-state index is 13.4. The van der Waals surface area contributed by atoms with Gasteiger partial charge in [-0.1, -0.05) is 49.0 Å². The second kappa shape index (κ2) is 12.3. The van der Waals surface area contributed by atoms with Crippen molar-refractivity contribution in [2.24, 2.45) is 0 Å². The Morgan fingerprint density at radius 1 is 1.05 bits per heavy atom. The lowest BCUT2D eigenvalue weighted by molar-refractivity contribution is -0.114. The van der Waals surface area contributed by atoms with Gasteiger partial charge in [0.2, 0.25) is 11.9 Å². The largest absolute Gasteiger partial charge is 0.444 e. The van der Waals surface area contributed by atoms with Gasteiger partial charge in [-0.15, -0.1) is 0 Å². The molecule has 0 aliphatic heterocycles. The summed E-state index contributed by atoms with van der Waals surface area (Å²) in [5, 5.41) is 3.91. The molecule has 0 unspecified atom stereocenters. The van der Waals surface area contributed by atoms with Crippen molar-refractivity contribution < 1.29 is 14.3 Å². The summed E-state index contributed by atoms with van der Waals surface area (Å²) in [6.07, 6.45) is 3.64. The number of hydrogen-bond donors (Lipinski definition) is 1. The molecule has 0 saturated carbocycles. The maximum absolute atomic E-state index is 13.4. The fourth-order valence-corrected chi connectivity index (χ4v) is 4.62. The van der Waals surface area contributed by atoms with E-state index >= 15 is 0 Å². The zero-order valence-corrected chi connectivity index (χ0v) is 23.3. The van der Waals surface area contributed by atoms with E-state index in [-0.39, 0.29) is 12.5 Å². The number of aromatic nitrogens is 3. The van der Waals surface area contributed by atoms with Crippen LogP contribution in [0.25, 0.3) is 22.0 Å². The third-order valence-corrected chi connectivity index (χ3v) is 6.74. The number of fused-ring (bicyclic) bond motifs is 1. The molecule has 0 bridgehead atoms. The highest BCUT2D eigenvalue weighted by Gasteiger charge is 2.16. The van der Waals surface area contributed by atoms with Gasteiger partial charge in [-0.3, -0.25) is 9.59 Å². The number of rotatable bonds is 8. The number of ether oxygens (including phenoxy) is 1. The van der Waals surface area contributed by atoms with Gasteiger partial charge in [0.1, 0.15) is 6.61 Å². The van der Waals surface area contributed by atoms with Crippen LogP contribution in [-0.2, 0) is 16.1 Å². The molecule has 0 spiro atoms. The van der Waals surface area contributed by atoms with Crippen molar-refractivity contribution in [3.05, 3.63) is 125 Å².